The molecular weight excluding hydrogens is 319 g/mol. The first-order valence-corrected chi connectivity index (χ1v) is 8.45. The van der Waals surface area contributed by atoms with Crippen molar-refractivity contribution in [3.05, 3.63) is 0 Å². The van der Waals surface area contributed by atoms with Gasteiger partial charge in [0.25, 0.3) is 0 Å². The highest BCUT2D eigenvalue weighted by Crippen LogP contribution is 2.59. The number of ether oxygens (including phenoxy) is 3. The molecule has 0 N–H and O–H groups in total. The number of rotatable bonds is 6. The van der Waals surface area contributed by atoms with Gasteiger partial charge < -0.3 is 14.2 Å². The van der Waals surface area contributed by atoms with E-state index in [2.05, 4.69) is 0 Å². The van der Waals surface area contributed by atoms with E-state index in [1.807, 2.05) is 6.92 Å². The van der Waals surface area contributed by atoms with Crippen molar-refractivity contribution in [1.82, 2.24) is 0 Å². The summed E-state index contributed by atoms with van der Waals surface area (Å²) in [7, 11) is 0. The van der Waals surface area contributed by atoms with Crippen LogP contribution in [0.3, 0.4) is 0 Å². The van der Waals surface area contributed by atoms with Gasteiger partial charge in [-0.3, -0.25) is 9.59 Å². The van der Waals surface area contributed by atoms with E-state index in [0.717, 1.165) is 0 Å². The van der Waals surface area contributed by atoms with Crippen molar-refractivity contribution in [3.63, 3.8) is 0 Å². The van der Waals surface area contributed by atoms with E-state index >= 15 is 0 Å². The van der Waals surface area contributed by atoms with Crippen LogP contribution in [0.15, 0.2) is 0 Å². The van der Waals surface area contributed by atoms with E-state index in [4.69, 9.17) is 14.2 Å². The molecule has 1 heterocycles. The van der Waals surface area contributed by atoms with Crippen LogP contribution >= 0.6 is 0 Å². The minimum atomic E-state index is -1.89. The van der Waals surface area contributed by atoms with Crippen LogP contribution in [0, 0.1) is 17.3 Å². The normalized spacial score (nSPS) is 36.6. The Labute approximate surface area is 140 Å². The fourth-order valence-electron chi connectivity index (χ4n) is 3.82. The Kier molecular flexibility index (Phi) is 4.08. The molecule has 5 atom stereocenters. The summed E-state index contributed by atoms with van der Waals surface area (Å²) in [6.07, 6.45) is -0.123. The average molecular weight is 342 g/mol. The van der Waals surface area contributed by atoms with Crippen molar-refractivity contribution in [2.45, 2.75) is 64.3 Å². The van der Waals surface area contributed by atoms with Crippen LogP contribution in [0.1, 0.15) is 46.5 Å². The Balaban J connectivity index is 1.47. The summed E-state index contributed by atoms with van der Waals surface area (Å²) in [5.74, 6) is -2.39. The predicted molar refractivity (Wildman–Crippen MR) is 79.5 cm³/mol. The molecule has 7 heteroatoms. The van der Waals surface area contributed by atoms with E-state index in [0.29, 0.717) is 12.8 Å². The summed E-state index contributed by atoms with van der Waals surface area (Å²) < 4.78 is 30.0. The molecule has 2 bridgehead atoms. The van der Waals surface area contributed by atoms with Crippen LogP contribution in [0.5, 0.6) is 0 Å². The average Bonchev–Trinajstić information content (AvgIpc) is 3.08. The van der Waals surface area contributed by atoms with Crippen molar-refractivity contribution in [1.29, 1.82) is 0 Å². The van der Waals surface area contributed by atoms with Crippen LogP contribution in [0.4, 0.5) is 4.39 Å². The molecule has 24 heavy (non-hydrogen) atoms. The van der Waals surface area contributed by atoms with Crippen molar-refractivity contribution in [3.8, 4) is 0 Å². The monoisotopic (exact) mass is 342 g/mol. The Morgan fingerprint density at radius 1 is 1.42 bits per heavy atom. The van der Waals surface area contributed by atoms with Gasteiger partial charge in [-0.25, -0.2) is 9.18 Å². The molecule has 0 aromatic heterocycles. The molecule has 3 rings (SSSR count). The van der Waals surface area contributed by atoms with E-state index in [1.54, 1.807) is 13.8 Å². The minimum absolute atomic E-state index is 0.0561. The van der Waals surface area contributed by atoms with Crippen molar-refractivity contribution >= 4 is 17.9 Å². The zero-order valence-corrected chi connectivity index (χ0v) is 14.2. The zero-order chi connectivity index (χ0) is 17.7. The smallest absolute Gasteiger partial charge is 0.344 e. The van der Waals surface area contributed by atoms with Gasteiger partial charge in [-0.1, -0.05) is 6.92 Å². The Morgan fingerprint density at radius 3 is 2.79 bits per heavy atom. The lowest BCUT2D eigenvalue weighted by atomic mass is 9.85. The lowest BCUT2D eigenvalue weighted by Gasteiger charge is -2.27. The number of esters is 3. The third kappa shape index (κ3) is 2.58. The number of hydrogen-bond acceptors (Lipinski definition) is 6. The largest absolute Gasteiger partial charge is 0.465 e. The fourth-order valence-corrected chi connectivity index (χ4v) is 3.82. The first kappa shape index (κ1) is 17.2. The molecule has 1 saturated heterocycles. The molecule has 2 aliphatic carbocycles. The van der Waals surface area contributed by atoms with Gasteiger partial charge in [0.05, 0.1) is 11.8 Å². The lowest BCUT2D eigenvalue weighted by molar-refractivity contribution is -0.165. The molecule has 3 aliphatic rings. The molecular formula is C17H23FO6. The number of alkyl halides is 1. The summed E-state index contributed by atoms with van der Waals surface area (Å²) >= 11 is 0. The van der Waals surface area contributed by atoms with Gasteiger partial charge in [0, 0.05) is 11.8 Å². The van der Waals surface area contributed by atoms with E-state index in [1.165, 1.54) is 0 Å². The molecule has 5 unspecified atom stereocenters. The van der Waals surface area contributed by atoms with Crippen LogP contribution in [0.25, 0.3) is 0 Å². The second-order valence-corrected chi connectivity index (χ2v) is 7.62. The number of hydrogen-bond donors (Lipinski definition) is 0. The first-order valence-electron chi connectivity index (χ1n) is 8.45. The number of carbonyl (C=O) groups excluding carboxylic acids is 3. The van der Waals surface area contributed by atoms with Crippen LogP contribution in [-0.4, -0.2) is 42.4 Å². The topological polar surface area (TPSA) is 78.9 Å². The fraction of sp³-hybridized carbons (Fsp3) is 0.824. The molecule has 0 radical (unpaired) electrons. The van der Waals surface area contributed by atoms with Gasteiger partial charge in [-0.2, -0.15) is 0 Å². The van der Waals surface area contributed by atoms with E-state index in [-0.39, 0.29) is 31.3 Å². The maximum absolute atomic E-state index is 14.4. The molecule has 134 valence electrons. The highest BCUT2D eigenvalue weighted by molar-refractivity contribution is 5.84. The molecule has 0 aromatic rings. The van der Waals surface area contributed by atoms with Crippen LogP contribution in [0.2, 0.25) is 0 Å². The third-order valence-electron chi connectivity index (χ3n) is 5.71. The van der Waals surface area contributed by atoms with Gasteiger partial charge in [0.1, 0.15) is 18.8 Å². The summed E-state index contributed by atoms with van der Waals surface area (Å²) in [6.45, 7) is 5.39. The molecule has 3 fully saturated rings. The first-order chi connectivity index (χ1) is 11.2. The summed E-state index contributed by atoms with van der Waals surface area (Å²) in [5, 5.41) is 0. The Bertz CT molecular complexity index is 573. The van der Waals surface area contributed by atoms with Crippen molar-refractivity contribution < 1.29 is 33.0 Å². The maximum atomic E-state index is 14.4. The number of fused-ring (bicyclic) bond motifs is 1. The lowest BCUT2D eigenvalue weighted by Crippen LogP contribution is -2.42. The van der Waals surface area contributed by atoms with Crippen LogP contribution < -0.4 is 0 Å². The quantitative estimate of drug-likeness (QED) is 0.542. The van der Waals surface area contributed by atoms with E-state index < -0.39 is 41.1 Å². The Morgan fingerprint density at radius 2 is 2.12 bits per heavy atom. The van der Waals surface area contributed by atoms with Gasteiger partial charge in [-0.05, 0) is 33.1 Å². The summed E-state index contributed by atoms with van der Waals surface area (Å²) in [6, 6.07) is 0. The highest BCUT2D eigenvalue weighted by atomic mass is 19.1. The second kappa shape index (κ2) is 5.70. The summed E-state index contributed by atoms with van der Waals surface area (Å²) in [5.41, 5.74) is -2.48. The highest BCUT2D eigenvalue weighted by Gasteiger charge is 2.72. The number of halogens is 1. The van der Waals surface area contributed by atoms with Crippen molar-refractivity contribution in [2.24, 2.45) is 17.3 Å². The molecule has 0 spiro atoms. The molecule has 0 amide bonds. The van der Waals surface area contributed by atoms with Gasteiger partial charge in [-0.15, -0.1) is 0 Å². The van der Waals surface area contributed by atoms with Gasteiger partial charge >= 0.3 is 17.9 Å². The minimum Gasteiger partial charge on any atom is -0.465 e. The Hall–Kier alpha value is -1.66. The SMILES string of the molecule is CCC(C)(C)C(=O)OCCC(=O)OC1C2CC3C1OC(=O)C3(F)C2. The standard InChI is InChI=1S/C17H23FO6/c1-4-16(2,3)14(20)22-6-5-11(19)23-12-9-7-10-13(12)24-15(21)17(10,18)8-9/h9-10,12-13H,4-8H2,1-3H3. The molecule has 1 aliphatic heterocycles. The van der Waals surface area contributed by atoms with Crippen molar-refractivity contribution in [2.75, 3.05) is 6.61 Å². The third-order valence-corrected chi connectivity index (χ3v) is 5.71. The van der Waals surface area contributed by atoms with E-state index in [9.17, 15) is 18.8 Å². The van der Waals surface area contributed by atoms with Crippen LogP contribution in [-0.2, 0) is 28.6 Å². The second-order valence-electron chi connectivity index (χ2n) is 7.62. The zero-order valence-electron chi connectivity index (χ0n) is 14.2. The summed E-state index contributed by atoms with van der Waals surface area (Å²) in [4.78, 5) is 35.4. The van der Waals surface area contributed by atoms with Gasteiger partial charge in [0.15, 0.2) is 0 Å². The molecule has 6 nitrogen and oxygen atoms in total. The maximum Gasteiger partial charge on any atom is 0.344 e. The predicted octanol–water partition coefficient (Wildman–Crippen LogP) is 1.94. The molecule has 2 saturated carbocycles. The molecule has 0 aromatic carbocycles. The number of carbonyl (C=O) groups is 3. The van der Waals surface area contributed by atoms with Gasteiger partial charge in [0.2, 0.25) is 5.67 Å².